The number of halogens is 2. The SMILES string of the molecule is COC(=O)[C@@H](CNC(=O)CNC1CCCc2ccc([N+](=O)[O-])cc21)C(=O)Nc1c(Cl)cc(-c2ccccc2)cc1Cl. The van der Waals surface area contributed by atoms with Crippen LogP contribution in [-0.4, -0.2) is 42.9 Å². The zero-order chi connectivity index (χ0) is 29.5. The summed E-state index contributed by atoms with van der Waals surface area (Å²) in [7, 11) is 1.14. The smallest absolute Gasteiger partial charge is 0.320 e. The summed E-state index contributed by atoms with van der Waals surface area (Å²) in [6.45, 7) is -0.454. The lowest BCUT2D eigenvalue weighted by Gasteiger charge is -2.26. The molecule has 41 heavy (non-hydrogen) atoms. The first-order valence-electron chi connectivity index (χ1n) is 12.9. The number of fused-ring (bicyclic) bond motifs is 1. The fourth-order valence-electron chi connectivity index (χ4n) is 4.73. The van der Waals surface area contributed by atoms with Gasteiger partial charge in [-0.05, 0) is 53.6 Å². The molecule has 214 valence electrons. The van der Waals surface area contributed by atoms with E-state index in [1.54, 1.807) is 18.2 Å². The number of aryl methyl sites for hydroxylation is 1. The Hall–Kier alpha value is -3.99. The van der Waals surface area contributed by atoms with E-state index in [0.29, 0.717) is 6.42 Å². The minimum atomic E-state index is -1.37. The second-order valence-corrected chi connectivity index (χ2v) is 10.3. The van der Waals surface area contributed by atoms with E-state index in [0.717, 1.165) is 42.2 Å². The summed E-state index contributed by atoms with van der Waals surface area (Å²) in [6.07, 6.45) is 2.38. The zero-order valence-corrected chi connectivity index (χ0v) is 23.6. The highest BCUT2D eigenvalue weighted by Crippen LogP contribution is 2.36. The van der Waals surface area contributed by atoms with E-state index in [1.807, 2.05) is 30.3 Å². The van der Waals surface area contributed by atoms with Crippen molar-refractivity contribution in [3.63, 3.8) is 0 Å². The van der Waals surface area contributed by atoms with Crippen LogP contribution in [0.5, 0.6) is 0 Å². The number of methoxy groups -OCH3 is 1. The van der Waals surface area contributed by atoms with E-state index in [-0.39, 0.29) is 40.6 Å². The molecule has 1 aliphatic carbocycles. The molecule has 12 heteroatoms. The predicted molar refractivity (Wildman–Crippen MR) is 156 cm³/mol. The predicted octanol–water partition coefficient (Wildman–Crippen LogP) is 5.08. The zero-order valence-electron chi connectivity index (χ0n) is 22.1. The Balaban J connectivity index is 1.38. The van der Waals surface area contributed by atoms with Crippen molar-refractivity contribution in [2.75, 3.05) is 25.5 Å². The van der Waals surface area contributed by atoms with Crippen molar-refractivity contribution in [2.24, 2.45) is 5.92 Å². The van der Waals surface area contributed by atoms with Gasteiger partial charge in [-0.3, -0.25) is 24.5 Å². The molecule has 0 saturated heterocycles. The third kappa shape index (κ3) is 7.40. The molecule has 4 rings (SSSR count). The van der Waals surface area contributed by atoms with Crippen LogP contribution < -0.4 is 16.0 Å². The number of amides is 2. The second-order valence-electron chi connectivity index (χ2n) is 9.52. The highest BCUT2D eigenvalue weighted by molar-refractivity contribution is 6.40. The van der Waals surface area contributed by atoms with Gasteiger partial charge in [0.25, 0.3) is 5.69 Å². The summed E-state index contributed by atoms with van der Waals surface area (Å²) in [6, 6.07) is 17.2. The normalized spacial score (nSPS) is 14.9. The number of carbonyl (C=O) groups excluding carboxylic acids is 3. The number of anilines is 1. The van der Waals surface area contributed by atoms with Gasteiger partial charge in [0, 0.05) is 24.7 Å². The maximum absolute atomic E-state index is 13.1. The molecule has 0 saturated carbocycles. The number of ether oxygens (including phenoxy) is 1. The third-order valence-corrected chi connectivity index (χ3v) is 7.46. The van der Waals surface area contributed by atoms with Crippen LogP contribution in [0.3, 0.4) is 0 Å². The second kappa shape index (κ2) is 13.6. The first kappa shape index (κ1) is 30.0. The largest absolute Gasteiger partial charge is 0.468 e. The molecule has 0 heterocycles. The van der Waals surface area contributed by atoms with Crippen LogP contribution in [0.1, 0.15) is 30.0 Å². The van der Waals surface area contributed by atoms with Gasteiger partial charge in [0.2, 0.25) is 11.8 Å². The molecule has 3 aromatic rings. The monoisotopic (exact) mass is 598 g/mol. The number of nitrogens with one attached hydrogen (secondary N) is 3. The molecule has 0 bridgehead atoms. The number of benzene rings is 3. The summed E-state index contributed by atoms with van der Waals surface area (Å²) in [5.41, 5.74) is 3.54. The fourth-order valence-corrected chi connectivity index (χ4v) is 5.31. The number of esters is 1. The number of hydrogen-bond acceptors (Lipinski definition) is 7. The minimum Gasteiger partial charge on any atom is -0.468 e. The van der Waals surface area contributed by atoms with Crippen LogP contribution in [-0.2, 0) is 25.5 Å². The van der Waals surface area contributed by atoms with Crippen molar-refractivity contribution in [1.82, 2.24) is 10.6 Å². The van der Waals surface area contributed by atoms with Gasteiger partial charge in [0.05, 0.1) is 34.3 Å². The van der Waals surface area contributed by atoms with Crippen molar-refractivity contribution >= 4 is 52.4 Å². The maximum Gasteiger partial charge on any atom is 0.320 e. The van der Waals surface area contributed by atoms with Crippen molar-refractivity contribution in [3.05, 3.63) is 92.0 Å². The van der Waals surface area contributed by atoms with Crippen LogP contribution in [0.4, 0.5) is 11.4 Å². The Morgan fingerprint density at radius 3 is 2.41 bits per heavy atom. The van der Waals surface area contributed by atoms with E-state index in [9.17, 15) is 24.5 Å². The highest BCUT2D eigenvalue weighted by Gasteiger charge is 2.30. The average Bonchev–Trinajstić information content (AvgIpc) is 2.97. The molecule has 10 nitrogen and oxygen atoms in total. The average molecular weight is 599 g/mol. The standard InChI is InChI=1S/C29H28Cl2N4O6/c1-41-29(38)22(28(37)34-27-23(30)12-19(13-24(27)31)17-6-3-2-4-7-17)15-33-26(36)16-32-25-9-5-8-18-10-11-20(35(39)40)14-21(18)25/h2-4,6-7,10-14,22,25,32H,5,8-9,15-16H2,1H3,(H,33,36)(H,34,37)/t22-,25?/m0/s1. The van der Waals surface area contributed by atoms with Gasteiger partial charge in [0.1, 0.15) is 0 Å². The molecule has 0 aromatic heterocycles. The Morgan fingerprint density at radius 2 is 1.76 bits per heavy atom. The van der Waals surface area contributed by atoms with E-state index < -0.39 is 28.6 Å². The maximum atomic E-state index is 13.1. The lowest BCUT2D eigenvalue weighted by molar-refractivity contribution is -0.385. The summed E-state index contributed by atoms with van der Waals surface area (Å²) >= 11 is 12.8. The molecule has 0 radical (unpaired) electrons. The number of hydrogen-bond donors (Lipinski definition) is 3. The molecule has 2 amide bonds. The van der Waals surface area contributed by atoms with Gasteiger partial charge in [0.15, 0.2) is 5.92 Å². The van der Waals surface area contributed by atoms with Crippen LogP contribution in [0.2, 0.25) is 10.0 Å². The van der Waals surface area contributed by atoms with Gasteiger partial charge >= 0.3 is 5.97 Å². The van der Waals surface area contributed by atoms with E-state index in [2.05, 4.69) is 16.0 Å². The molecule has 3 aromatic carbocycles. The van der Waals surface area contributed by atoms with E-state index in [4.69, 9.17) is 27.9 Å². The summed E-state index contributed by atoms with van der Waals surface area (Å²) in [5.74, 6) is -3.44. The summed E-state index contributed by atoms with van der Waals surface area (Å²) < 4.78 is 4.78. The van der Waals surface area contributed by atoms with E-state index in [1.165, 1.54) is 12.1 Å². The molecule has 2 atom stereocenters. The van der Waals surface area contributed by atoms with Crippen molar-refractivity contribution in [2.45, 2.75) is 25.3 Å². The van der Waals surface area contributed by atoms with Gasteiger partial charge < -0.3 is 20.7 Å². The number of carbonyl (C=O) groups is 3. The molecular weight excluding hydrogens is 571 g/mol. The topological polar surface area (TPSA) is 140 Å². The minimum absolute atomic E-state index is 0.0104. The molecule has 0 spiro atoms. The van der Waals surface area contributed by atoms with Gasteiger partial charge in [-0.1, -0.05) is 59.6 Å². The molecular formula is C29H28Cl2N4O6. The first-order chi connectivity index (χ1) is 19.7. The van der Waals surface area contributed by atoms with Gasteiger partial charge in [-0.25, -0.2) is 0 Å². The van der Waals surface area contributed by atoms with Crippen LogP contribution in [0.25, 0.3) is 11.1 Å². The molecule has 0 aliphatic heterocycles. The summed E-state index contributed by atoms with van der Waals surface area (Å²) in [5, 5.41) is 19.8. The third-order valence-electron chi connectivity index (χ3n) is 6.87. The Bertz CT molecular complexity index is 1440. The van der Waals surface area contributed by atoms with Gasteiger partial charge in [-0.15, -0.1) is 0 Å². The van der Waals surface area contributed by atoms with Crippen LogP contribution in [0.15, 0.2) is 60.7 Å². The van der Waals surface area contributed by atoms with Crippen molar-refractivity contribution in [1.29, 1.82) is 0 Å². The Morgan fingerprint density at radius 1 is 1.05 bits per heavy atom. The molecule has 1 aliphatic rings. The van der Waals surface area contributed by atoms with Crippen molar-refractivity contribution in [3.8, 4) is 11.1 Å². The van der Waals surface area contributed by atoms with Crippen LogP contribution in [0, 0.1) is 16.0 Å². The van der Waals surface area contributed by atoms with E-state index >= 15 is 0 Å². The Kier molecular flexibility index (Phi) is 9.93. The highest BCUT2D eigenvalue weighted by atomic mass is 35.5. The lowest BCUT2D eigenvalue weighted by Crippen LogP contribution is -2.43. The number of nitro groups is 1. The van der Waals surface area contributed by atoms with Crippen LogP contribution >= 0.6 is 23.2 Å². The number of nitrogens with zero attached hydrogens (tertiary/aromatic N) is 1. The van der Waals surface area contributed by atoms with Gasteiger partial charge in [-0.2, -0.15) is 0 Å². The fraction of sp³-hybridized carbons (Fsp3) is 0.276. The number of non-ortho nitro benzene ring substituents is 1. The van der Waals surface area contributed by atoms with Crippen molar-refractivity contribution < 1.29 is 24.0 Å². The number of nitro benzene ring substituents is 1. The molecule has 3 N–H and O–H groups in total. The Labute approximate surface area is 246 Å². The molecule has 0 fully saturated rings. The quantitative estimate of drug-likeness (QED) is 0.128. The number of rotatable bonds is 10. The lowest BCUT2D eigenvalue weighted by atomic mass is 9.87. The summed E-state index contributed by atoms with van der Waals surface area (Å²) in [4.78, 5) is 48.9. The first-order valence-corrected chi connectivity index (χ1v) is 13.6. The molecule has 1 unspecified atom stereocenters.